The Morgan fingerprint density at radius 2 is 1.71 bits per heavy atom. The van der Waals surface area contributed by atoms with E-state index in [1.165, 1.54) is 6.20 Å². The fraction of sp³-hybridized carbons (Fsp3) is 0.105. The van der Waals surface area contributed by atoms with Crippen molar-refractivity contribution in [2.75, 3.05) is 12.4 Å². The maximum atomic E-state index is 12.7. The minimum absolute atomic E-state index is 0.0603. The predicted octanol–water partition coefficient (Wildman–Crippen LogP) is 3.30. The van der Waals surface area contributed by atoms with Crippen molar-refractivity contribution >= 4 is 11.6 Å². The zero-order valence-electron chi connectivity index (χ0n) is 13.2. The summed E-state index contributed by atoms with van der Waals surface area (Å²) in [5.41, 5.74) is 2.00. The lowest BCUT2D eigenvalue weighted by molar-refractivity contribution is 0.0786. The molecule has 0 aliphatic heterocycles. The van der Waals surface area contributed by atoms with Crippen LogP contribution in [-0.2, 0) is 6.54 Å². The smallest absolute Gasteiger partial charge is 0.256 e. The molecule has 0 radical (unpaired) electrons. The van der Waals surface area contributed by atoms with E-state index in [2.05, 4.69) is 5.32 Å². The fourth-order valence-corrected chi connectivity index (χ4v) is 2.17. The summed E-state index contributed by atoms with van der Waals surface area (Å²) in [6.45, 7) is 0.492. The molecule has 2 aromatic carbocycles. The fourth-order valence-electron chi connectivity index (χ4n) is 2.17. The van der Waals surface area contributed by atoms with Crippen LogP contribution < -0.4 is 5.32 Å². The van der Waals surface area contributed by atoms with Crippen LogP contribution in [-0.4, -0.2) is 17.9 Å². The summed E-state index contributed by atoms with van der Waals surface area (Å²) in [5.74, 6) is -0.147. The monoisotopic (exact) mass is 316 g/mol. The van der Waals surface area contributed by atoms with Crippen LogP contribution in [0.1, 0.15) is 15.9 Å². The Labute approximate surface area is 141 Å². The van der Waals surface area contributed by atoms with Gasteiger partial charge in [-0.05, 0) is 17.7 Å². The number of anilines is 1. The van der Waals surface area contributed by atoms with Crippen LogP contribution in [0.4, 0.5) is 5.69 Å². The van der Waals surface area contributed by atoms with Gasteiger partial charge in [0.1, 0.15) is 17.7 Å². The minimum Gasteiger partial charge on any atom is -0.359 e. The summed E-state index contributed by atoms with van der Waals surface area (Å²) < 4.78 is 0. The number of allylic oxidation sites excluding steroid dienone is 1. The Balaban J connectivity index is 2.19. The number of hydrogen-bond acceptors (Lipinski definition) is 4. The van der Waals surface area contributed by atoms with Crippen molar-refractivity contribution in [1.29, 1.82) is 10.5 Å². The van der Waals surface area contributed by atoms with Crippen LogP contribution in [0.25, 0.3) is 0 Å². The van der Waals surface area contributed by atoms with Gasteiger partial charge in [0.05, 0.1) is 11.3 Å². The number of carbonyl (C=O) groups excluding carboxylic acids is 1. The second kappa shape index (κ2) is 8.17. The first-order valence-electron chi connectivity index (χ1n) is 7.31. The van der Waals surface area contributed by atoms with Gasteiger partial charge in [-0.25, -0.2) is 0 Å². The molecule has 0 saturated carbocycles. The average molecular weight is 316 g/mol. The molecule has 5 nitrogen and oxygen atoms in total. The largest absolute Gasteiger partial charge is 0.359 e. The van der Waals surface area contributed by atoms with Gasteiger partial charge in [0.15, 0.2) is 0 Å². The third-order valence-corrected chi connectivity index (χ3v) is 3.38. The maximum Gasteiger partial charge on any atom is 0.256 e. The van der Waals surface area contributed by atoms with Gasteiger partial charge in [0.25, 0.3) is 5.91 Å². The molecule has 0 heterocycles. The number of nitrogens with zero attached hydrogens (tertiary/aromatic N) is 3. The standard InChI is InChI=1S/C19H16N4O/c1-23(14-15-7-3-2-4-8-15)19(24)17-9-5-6-10-18(17)22-13-16(11-20)12-21/h2-10,13,22H,14H2,1H3. The molecule has 2 aromatic rings. The molecule has 0 aliphatic carbocycles. The predicted molar refractivity (Wildman–Crippen MR) is 91.6 cm³/mol. The number of rotatable bonds is 5. The van der Waals surface area contributed by atoms with E-state index in [0.717, 1.165) is 5.56 Å². The van der Waals surface area contributed by atoms with E-state index in [1.54, 1.807) is 48.4 Å². The van der Waals surface area contributed by atoms with Crippen molar-refractivity contribution in [3.05, 3.63) is 77.5 Å². The van der Waals surface area contributed by atoms with Crippen LogP contribution in [0.2, 0.25) is 0 Å². The van der Waals surface area contributed by atoms with Gasteiger partial charge in [0, 0.05) is 19.8 Å². The lowest BCUT2D eigenvalue weighted by Gasteiger charge is -2.19. The number of benzene rings is 2. The normalized spacial score (nSPS) is 9.29. The van der Waals surface area contributed by atoms with Crippen molar-refractivity contribution < 1.29 is 4.79 Å². The molecule has 0 bridgehead atoms. The summed E-state index contributed by atoms with van der Waals surface area (Å²) in [6.07, 6.45) is 1.29. The molecule has 2 rings (SSSR count). The van der Waals surface area contributed by atoms with E-state index >= 15 is 0 Å². The number of amides is 1. The number of nitrogens with one attached hydrogen (secondary N) is 1. The summed E-state index contributed by atoms with van der Waals surface area (Å²) in [7, 11) is 1.73. The zero-order chi connectivity index (χ0) is 17.4. The van der Waals surface area contributed by atoms with Crippen LogP contribution in [0, 0.1) is 22.7 Å². The lowest BCUT2D eigenvalue weighted by Crippen LogP contribution is -2.26. The number of nitriles is 2. The van der Waals surface area contributed by atoms with Gasteiger partial charge in [-0.2, -0.15) is 10.5 Å². The van der Waals surface area contributed by atoms with Gasteiger partial charge >= 0.3 is 0 Å². The van der Waals surface area contributed by atoms with Crippen LogP contribution in [0.5, 0.6) is 0 Å². The molecule has 0 aromatic heterocycles. The van der Waals surface area contributed by atoms with E-state index in [1.807, 2.05) is 30.3 Å². The van der Waals surface area contributed by atoms with Gasteiger partial charge < -0.3 is 10.2 Å². The summed E-state index contributed by atoms with van der Waals surface area (Å²) >= 11 is 0. The Bertz CT molecular complexity index is 812. The average Bonchev–Trinajstić information content (AvgIpc) is 2.63. The molecule has 118 valence electrons. The Kier molecular flexibility index (Phi) is 5.71. The van der Waals surface area contributed by atoms with E-state index in [0.29, 0.717) is 17.8 Å². The van der Waals surface area contributed by atoms with Gasteiger partial charge in [-0.1, -0.05) is 42.5 Å². The maximum absolute atomic E-state index is 12.7. The first-order valence-corrected chi connectivity index (χ1v) is 7.31. The molecule has 24 heavy (non-hydrogen) atoms. The molecular formula is C19H16N4O. The van der Waals surface area contributed by atoms with Crippen molar-refractivity contribution in [1.82, 2.24) is 4.90 Å². The van der Waals surface area contributed by atoms with Gasteiger partial charge in [-0.3, -0.25) is 4.79 Å². The van der Waals surface area contributed by atoms with E-state index in [-0.39, 0.29) is 11.5 Å². The first-order chi connectivity index (χ1) is 11.7. The van der Waals surface area contributed by atoms with Crippen molar-refractivity contribution in [3.63, 3.8) is 0 Å². The number of para-hydroxylation sites is 1. The molecule has 0 aliphatic rings. The Morgan fingerprint density at radius 1 is 1.08 bits per heavy atom. The molecule has 5 heteroatoms. The Hall–Kier alpha value is -3.57. The highest BCUT2D eigenvalue weighted by atomic mass is 16.2. The number of carbonyl (C=O) groups is 1. The van der Waals surface area contributed by atoms with Crippen molar-refractivity contribution in [2.45, 2.75) is 6.54 Å². The molecule has 0 atom stereocenters. The first kappa shape index (κ1) is 16.8. The molecular weight excluding hydrogens is 300 g/mol. The van der Waals surface area contributed by atoms with Crippen LogP contribution >= 0.6 is 0 Å². The quantitative estimate of drug-likeness (QED) is 0.858. The summed E-state index contributed by atoms with van der Waals surface area (Å²) in [4.78, 5) is 14.3. The highest BCUT2D eigenvalue weighted by Gasteiger charge is 2.15. The Morgan fingerprint density at radius 3 is 2.38 bits per heavy atom. The molecule has 0 fully saturated rings. The number of hydrogen-bond donors (Lipinski definition) is 1. The third-order valence-electron chi connectivity index (χ3n) is 3.38. The van der Waals surface area contributed by atoms with E-state index < -0.39 is 0 Å². The van der Waals surface area contributed by atoms with Crippen LogP contribution in [0.3, 0.4) is 0 Å². The third kappa shape index (κ3) is 4.22. The molecule has 0 saturated heterocycles. The zero-order valence-corrected chi connectivity index (χ0v) is 13.2. The molecule has 0 spiro atoms. The topological polar surface area (TPSA) is 79.9 Å². The molecule has 1 N–H and O–H groups in total. The SMILES string of the molecule is CN(Cc1ccccc1)C(=O)c1ccccc1NC=C(C#N)C#N. The molecule has 0 unspecified atom stereocenters. The highest BCUT2D eigenvalue weighted by molar-refractivity contribution is 5.99. The highest BCUT2D eigenvalue weighted by Crippen LogP contribution is 2.18. The van der Waals surface area contributed by atoms with E-state index in [9.17, 15) is 4.79 Å². The van der Waals surface area contributed by atoms with Crippen LogP contribution in [0.15, 0.2) is 66.4 Å². The van der Waals surface area contributed by atoms with Gasteiger partial charge in [0.2, 0.25) is 0 Å². The second-order valence-corrected chi connectivity index (χ2v) is 5.12. The van der Waals surface area contributed by atoms with Crippen molar-refractivity contribution in [3.8, 4) is 12.1 Å². The second-order valence-electron chi connectivity index (χ2n) is 5.12. The molecule has 1 amide bonds. The van der Waals surface area contributed by atoms with E-state index in [4.69, 9.17) is 10.5 Å². The van der Waals surface area contributed by atoms with Crippen molar-refractivity contribution in [2.24, 2.45) is 0 Å². The summed E-state index contributed by atoms with van der Waals surface area (Å²) in [5, 5.41) is 20.4. The minimum atomic E-state index is -0.147. The summed E-state index contributed by atoms with van der Waals surface area (Å²) in [6, 6.07) is 20.2. The van der Waals surface area contributed by atoms with Gasteiger partial charge in [-0.15, -0.1) is 0 Å². The lowest BCUT2D eigenvalue weighted by atomic mass is 10.1.